The molecule has 0 spiro atoms. The van der Waals surface area contributed by atoms with Crippen LogP contribution in [0.1, 0.15) is 69.4 Å². The minimum absolute atomic E-state index is 0.135. The van der Waals surface area contributed by atoms with Gasteiger partial charge in [-0.3, -0.25) is 19.2 Å². The van der Waals surface area contributed by atoms with E-state index >= 15 is 0 Å². The summed E-state index contributed by atoms with van der Waals surface area (Å²) in [5.41, 5.74) is 1.29. The Bertz CT molecular complexity index is 2010. The molecular formula is C44H54N4O7Si. The first-order valence-electron chi connectivity index (χ1n) is 19.5. The fraction of sp³-hybridized carbons (Fsp3) is 0.432. The molecule has 1 aromatic heterocycles. The number of terminal acetylenes is 1. The van der Waals surface area contributed by atoms with Crippen molar-refractivity contribution in [2.24, 2.45) is 0 Å². The molecule has 11 nitrogen and oxygen atoms in total. The highest BCUT2D eigenvalue weighted by Crippen LogP contribution is 2.41. The second-order valence-corrected chi connectivity index (χ2v) is 20.0. The highest BCUT2D eigenvalue weighted by Gasteiger charge is 2.54. The van der Waals surface area contributed by atoms with Gasteiger partial charge >= 0.3 is 11.8 Å². The van der Waals surface area contributed by atoms with Crippen LogP contribution in [-0.4, -0.2) is 80.0 Å². The summed E-state index contributed by atoms with van der Waals surface area (Å²) >= 11 is 0. The van der Waals surface area contributed by atoms with Crippen molar-refractivity contribution in [3.8, 4) is 12.3 Å². The molecule has 4 atom stereocenters. The molecular weight excluding hydrogens is 725 g/mol. The zero-order valence-corrected chi connectivity index (χ0v) is 33.9. The van der Waals surface area contributed by atoms with Crippen molar-refractivity contribution in [3.63, 3.8) is 0 Å². The Morgan fingerprint density at radius 1 is 0.982 bits per heavy atom. The molecule has 2 unspecified atom stereocenters. The van der Waals surface area contributed by atoms with Crippen molar-refractivity contribution in [3.05, 3.63) is 129 Å². The summed E-state index contributed by atoms with van der Waals surface area (Å²) in [5, 5.41) is 5.44. The molecule has 0 saturated carbocycles. The molecule has 2 saturated heterocycles. The molecule has 4 aromatic rings. The Morgan fingerprint density at radius 2 is 1.66 bits per heavy atom. The average Bonchev–Trinajstić information content (AvgIpc) is 3.60. The number of benzene rings is 3. The maximum absolute atomic E-state index is 13.2. The van der Waals surface area contributed by atoms with Crippen molar-refractivity contribution >= 4 is 24.8 Å². The Hall–Kier alpha value is -4.77. The van der Waals surface area contributed by atoms with Crippen LogP contribution in [0.15, 0.2) is 101 Å². The number of piperidine rings is 1. The summed E-state index contributed by atoms with van der Waals surface area (Å²) < 4.78 is 26.7. The summed E-state index contributed by atoms with van der Waals surface area (Å²) in [7, 11) is -3.08. The second-order valence-electron chi connectivity index (χ2n) is 15.8. The number of aromatic amines is 1. The molecule has 3 aromatic carbocycles. The standard InChI is InChI=1S/C44H54N4O7Si/c1-6-33-20-22-34(23-21-33)29-47(30-35-15-13-14-24-45-35)25-26-52-43(51)53-31-39-38(27-40(54-39)48-28-32(2)41(49)46-42(48)50)55-56(44(3,4)5,36-16-9-7-10-17-36)37-18-11-8-12-19-37/h1,7-12,16-23,28,35,38-40,45H,13-15,24-27,29-31H2,2-5H3,(H,46,49,50)/t35?,38?,39-,40-/m1/s1. The van der Waals surface area contributed by atoms with E-state index in [4.69, 9.17) is 25.1 Å². The van der Waals surface area contributed by atoms with Gasteiger partial charge in [0.15, 0.2) is 0 Å². The minimum atomic E-state index is -3.08. The van der Waals surface area contributed by atoms with E-state index in [1.54, 1.807) is 6.92 Å². The van der Waals surface area contributed by atoms with Gasteiger partial charge in [-0.15, -0.1) is 6.42 Å². The van der Waals surface area contributed by atoms with Gasteiger partial charge in [0.1, 0.15) is 25.5 Å². The van der Waals surface area contributed by atoms with Gasteiger partial charge in [0.25, 0.3) is 13.9 Å². The van der Waals surface area contributed by atoms with Crippen molar-refractivity contribution in [2.45, 2.75) is 89.4 Å². The Morgan fingerprint density at radius 3 is 2.27 bits per heavy atom. The van der Waals surface area contributed by atoms with Crippen LogP contribution in [0.2, 0.25) is 5.04 Å². The Kier molecular flexibility index (Phi) is 13.5. The summed E-state index contributed by atoms with van der Waals surface area (Å²) in [6.45, 7) is 11.2. The zero-order chi connectivity index (χ0) is 39.7. The lowest BCUT2D eigenvalue weighted by molar-refractivity contribution is -0.0571. The van der Waals surface area contributed by atoms with E-state index in [2.05, 4.69) is 66.2 Å². The molecule has 56 heavy (non-hydrogen) atoms. The largest absolute Gasteiger partial charge is 0.508 e. The van der Waals surface area contributed by atoms with E-state index in [9.17, 15) is 14.4 Å². The van der Waals surface area contributed by atoms with E-state index in [0.717, 1.165) is 41.0 Å². The Labute approximate surface area is 330 Å². The van der Waals surface area contributed by atoms with E-state index in [1.165, 1.54) is 23.6 Å². The topological polar surface area (TPSA) is 124 Å². The molecule has 2 N–H and O–H groups in total. The summed E-state index contributed by atoms with van der Waals surface area (Å²) in [6.07, 6.45) is 7.89. The quantitative estimate of drug-likeness (QED) is 0.105. The van der Waals surface area contributed by atoms with E-state index in [0.29, 0.717) is 24.7 Å². The average molecular weight is 779 g/mol. The predicted molar refractivity (Wildman–Crippen MR) is 220 cm³/mol. The lowest BCUT2D eigenvalue weighted by atomic mass is 10.0. The highest BCUT2D eigenvalue weighted by molar-refractivity contribution is 6.99. The molecule has 0 radical (unpaired) electrons. The lowest BCUT2D eigenvalue weighted by Crippen LogP contribution is -2.68. The van der Waals surface area contributed by atoms with Gasteiger partial charge in [-0.1, -0.05) is 106 Å². The number of hydrogen-bond acceptors (Lipinski definition) is 9. The molecule has 0 bridgehead atoms. The van der Waals surface area contributed by atoms with Gasteiger partial charge < -0.3 is 24.0 Å². The van der Waals surface area contributed by atoms with Crippen LogP contribution in [0.4, 0.5) is 4.79 Å². The summed E-state index contributed by atoms with van der Waals surface area (Å²) in [5.74, 6) is 2.67. The third kappa shape index (κ3) is 9.77. The van der Waals surface area contributed by atoms with Crippen LogP contribution in [0.3, 0.4) is 0 Å². The van der Waals surface area contributed by atoms with Crippen molar-refractivity contribution < 1.29 is 23.4 Å². The van der Waals surface area contributed by atoms with Gasteiger partial charge in [-0.25, -0.2) is 9.59 Å². The maximum atomic E-state index is 13.2. The number of nitrogens with one attached hydrogen (secondary N) is 2. The number of H-pyrrole nitrogens is 1. The molecule has 2 aliphatic heterocycles. The van der Waals surface area contributed by atoms with Gasteiger partial charge in [-0.2, -0.15) is 0 Å². The van der Waals surface area contributed by atoms with Crippen molar-refractivity contribution in [2.75, 3.05) is 32.8 Å². The predicted octanol–water partition coefficient (Wildman–Crippen LogP) is 4.86. The number of aryl methyl sites for hydroxylation is 1. The van der Waals surface area contributed by atoms with Crippen molar-refractivity contribution in [1.82, 2.24) is 19.8 Å². The molecule has 3 heterocycles. The fourth-order valence-electron chi connectivity index (χ4n) is 7.90. The molecule has 2 aliphatic rings. The fourth-order valence-corrected chi connectivity index (χ4v) is 12.6. The molecule has 296 valence electrons. The first-order valence-corrected chi connectivity index (χ1v) is 21.4. The third-order valence-electron chi connectivity index (χ3n) is 10.8. The highest BCUT2D eigenvalue weighted by atomic mass is 28.4. The number of aromatic nitrogens is 2. The number of rotatable bonds is 14. The maximum Gasteiger partial charge on any atom is 0.508 e. The normalized spacial score (nSPS) is 20.1. The third-order valence-corrected chi connectivity index (χ3v) is 15.9. The first-order chi connectivity index (χ1) is 27.0. The van der Waals surface area contributed by atoms with Gasteiger partial charge in [-0.05, 0) is 59.4 Å². The number of carbonyl (C=O) groups is 1. The monoisotopic (exact) mass is 778 g/mol. The summed E-state index contributed by atoms with van der Waals surface area (Å²) in [6, 6.07) is 28.8. The van der Waals surface area contributed by atoms with E-state index in [1.807, 2.05) is 60.7 Å². The number of ether oxygens (including phenoxy) is 3. The number of hydrogen-bond donors (Lipinski definition) is 2. The number of nitrogens with zero attached hydrogens (tertiary/aromatic N) is 2. The SMILES string of the molecule is C#Cc1ccc(CN(CCOC(=O)OC[C@H]2O[C@@H](n3cc(C)c(=O)[nH]c3=O)CC2O[Si](c2ccccc2)(c2ccccc2)C(C)(C)C)CC2CCCCN2)cc1. The van der Waals surface area contributed by atoms with Gasteiger partial charge in [0, 0.05) is 49.4 Å². The van der Waals surface area contributed by atoms with E-state index < -0.39 is 44.2 Å². The van der Waals surface area contributed by atoms with Crippen molar-refractivity contribution in [1.29, 1.82) is 0 Å². The summed E-state index contributed by atoms with van der Waals surface area (Å²) in [4.78, 5) is 43.2. The van der Waals surface area contributed by atoms with Crippen LogP contribution >= 0.6 is 0 Å². The van der Waals surface area contributed by atoms with Crippen LogP contribution in [0, 0.1) is 19.3 Å². The minimum Gasteiger partial charge on any atom is -0.433 e. The smallest absolute Gasteiger partial charge is 0.433 e. The van der Waals surface area contributed by atoms with Crippen LogP contribution in [0.5, 0.6) is 0 Å². The van der Waals surface area contributed by atoms with Crippen LogP contribution in [-0.2, 0) is 25.2 Å². The van der Waals surface area contributed by atoms with E-state index in [-0.39, 0.29) is 24.7 Å². The molecule has 12 heteroatoms. The molecule has 6 rings (SSSR count). The molecule has 2 fully saturated rings. The molecule has 0 amide bonds. The second kappa shape index (κ2) is 18.4. The van der Waals surface area contributed by atoms with Crippen LogP contribution in [0.25, 0.3) is 0 Å². The van der Waals surface area contributed by atoms with Gasteiger partial charge in [0.05, 0.1) is 6.10 Å². The Balaban J connectivity index is 1.19. The lowest BCUT2D eigenvalue weighted by Gasteiger charge is -2.45. The van der Waals surface area contributed by atoms with Crippen LogP contribution < -0.4 is 26.9 Å². The zero-order valence-electron chi connectivity index (χ0n) is 32.9. The molecule has 0 aliphatic carbocycles. The number of carbonyl (C=O) groups excluding carboxylic acids is 1. The van der Waals surface area contributed by atoms with Gasteiger partial charge in [0.2, 0.25) is 0 Å². The first kappa shape index (κ1) is 40.9.